The number of nitrogens with zero attached hydrogens (tertiary/aromatic N) is 2. The first-order chi connectivity index (χ1) is 13.2. The Morgan fingerprint density at radius 3 is 2.07 bits per heavy atom. The quantitative estimate of drug-likeness (QED) is 0.339. The van der Waals surface area contributed by atoms with Crippen LogP contribution in [0.15, 0.2) is 86.2 Å². The van der Waals surface area contributed by atoms with Crippen LogP contribution in [0, 0.1) is 0 Å². The Morgan fingerprint density at radius 1 is 0.852 bits per heavy atom. The molecule has 0 radical (unpaired) electrons. The molecule has 0 amide bonds. The molecule has 0 N–H and O–H groups in total. The van der Waals surface area contributed by atoms with Gasteiger partial charge in [0, 0.05) is 23.5 Å². The van der Waals surface area contributed by atoms with Crippen LogP contribution in [0.25, 0.3) is 22.5 Å². The van der Waals surface area contributed by atoms with Crippen molar-refractivity contribution < 1.29 is 9.53 Å². The second kappa shape index (κ2) is 8.72. The van der Waals surface area contributed by atoms with Gasteiger partial charge in [-0.15, -0.1) is 13.2 Å². The molecule has 1 aromatic heterocycles. The Labute approximate surface area is 158 Å². The van der Waals surface area contributed by atoms with Gasteiger partial charge in [0.25, 0.3) is 0 Å². The van der Waals surface area contributed by atoms with Gasteiger partial charge in [0.1, 0.15) is 5.75 Å². The van der Waals surface area contributed by atoms with E-state index in [1.54, 1.807) is 12.1 Å². The number of rotatable bonds is 7. The molecular weight excluding hydrogens is 336 g/mol. The lowest BCUT2D eigenvalue weighted by atomic mass is 10.1. The molecule has 0 spiro atoms. The van der Waals surface area contributed by atoms with Crippen molar-refractivity contribution >= 4 is 5.97 Å². The van der Waals surface area contributed by atoms with Gasteiger partial charge in [0.2, 0.25) is 0 Å². The molecule has 3 aromatic rings. The number of carbonyl (C=O) groups is 1. The molecule has 3 rings (SSSR count). The predicted octanol–water partition coefficient (Wildman–Crippen LogP) is 5.02. The van der Waals surface area contributed by atoms with E-state index >= 15 is 0 Å². The monoisotopic (exact) mass is 356 g/mol. The molecule has 0 atom stereocenters. The summed E-state index contributed by atoms with van der Waals surface area (Å²) in [5, 5.41) is 0. The summed E-state index contributed by atoms with van der Waals surface area (Å²) in [4.78, 5) is 20.4. The Hall–Kier alpha value is -3.53. The Bertz CT molecular complexity index is 928. The molecular formula is C23H20N2O2. The molecule has 4 nitrogen and oxygen atoms in total. The van der Waals surface area contributed by atoms with E-state index in [1.807, 2.05) is 30.6 Å². The van der Waals surface area contributed by atoms with Crippen molar-refractivity contribution in [2.75, 3.05) is 0 Å². The van der Waals surface area contributed by atoms with Crippen molar-refractivity contribution in [1.82, 2.24) is 9.97 Å². The standard InChI is InChI=1S/C23H20N2O2/c1-3-5-17-7-9-18(10-8-17)20-15-24-23(25-16-20)19-11-13-21(14-12-19)27-22(26)6-4-2/h3-4,7-16H,1-2,5-6H2. The van der Waals surface area contributed by atoms with Crippen LogP contribution in [0.2, 0.25) is 0 Å². The second-order valence-corrected chi connectivity index (χ2v) is 5.98. The maximum atomic E-state index is 11.5. The summed E-state index contributed by atoms with van der Waals surface area (Å²) in [5.41, 5.74) is 4.10. The first-order valence-electron chi connectivity index (χ1n) is 8.64. The number of hydrogen-bond donors (Lipinski definition) is 0. The topological polar surface area (TPSA) is 52.1 Å². The van der Waals surface area contributed by atoms with Crippen LogP contribution in [0.3, 0.4) is 0 Å². The molecule has 0 saturated heterocycles. The van der Waals surface area contributed by atoms with Gasteiger partial charge in [0.15, 0.2) is 5.82 Å². The molecule has 27 heavy (non-hydrogen) atoms. The van der Waals surface area contributed by atoms with Crippen LogP contribution < -0.4 is 4.74 Å². The molecule has 0 bridgehead atoms. The highest BCUT2D eigenvalue weighted by Crippen LogP contribution is 2.23. The first kappa shape index (κ1) is 18.3. The van der Waals surface area contributed by atoms with E-state index in [9.17, 15) is 4.79 Å². The number of hydrogen-bond acceptors (Lipinski definition) is 4. The third kappa shape index (κ3) is 4.76. The number of ether oxygens (including phenoxy) is 1. The van der Waals surface area contributed by atoms with Crippen LogP contribution in [-0.4, -0.2) is 15.9 Å². The third-order valence-corrected chi connectivity index (χ3v) is 3.97. The minimum absolute atomic E-state index is 0.181. The van der Waals surface area contributed by atoms with Crippen LogP contribution >= 0.6 is 0 Å². The second-order valence-electron chi connectivity index (χ2n) is 5.98. The summed E-state index contributed by atoms with van der Waals surface area (Å²) >= 11 is 0. The van der Waals surface area contributed by atoms with Crippen molar-refractivity contribution in [2.24, 2.45) is 0 Å². The van der Waals surface area contributed by atoms with E-state index in [2.05, 4.69) is 47.4 Å². The number of carbonyl (C=O) groups excluding carboxylic acids is 1. The molecule has 0 aliphatic carbocycles. The molecule has 1 heterocycles. The molecule has 0 aliphatic heterocycles. The van der Waals surface area contributed by atoms with Crippen LogP contribution in [0.1, 0.15) is 12.0 Å². The Morgan fingerprint density at radius 2 is 1.48 bits per heavy atom. The lowest BCUT2D eigenvalue weighted by Crippen LogP contribution is -2.05. The van der Waals surface area contributed by atoms with Gasteiger partial charge in [0.05, 0.1) is 6.42 Å². The Kier molecular flexibility index (Phi) is 5.90. The molecule has 0 aliphatic rings. The highest BCUT2D eigenvalue weighted by molar-refractivity contribution is 5.74. The number of allylic oxidation sites excluding steroid dienone is 1. The molecule has 0 unspecified atom stereocenters. The zero-order valence-electron chi connectivity index (χ0n) is 15.0. The zero-order valence-corrected chi connectivity index (χ0v) is 15.0. The van der Waals surface area contributed by atoms with E-state index < -0.39 is 0 Å². The summed E-state index contributed by atoms with van der Waals surface area (Å²) in [6.45, 7) is 7.27. The summed E-state index contributed by atoms with van der Waals surface area (Å²) in [6.07, 6.45) is 8.05. The molecule has 4 heteroatoms. The van der Waals surface area contributed by atoms with Crippen molar-refractivity contribution in [2.45, 2.75) is 12.8 Å². The smallest absolute Gasteiger partial charge is 0.315 e. The highest BCUT2D eigenvalue weighted by atomic mass is 16.5. The number of aromatic nitrogens is 2. The summed E-state index contributed by atoms with van der Waals surface area (Å²) < 4.78 is 5.19. The fourth-order valence-corrected chi connectivity index (χ4v) is 2.59. The van der Waals surface area contributed by atoms with Gasteiger partial charge < -0.3 is 4.74 Å². The Balaban J connectivity index is 1.72. The van der Waals surface area contributed by atoms with Crippen LogP contribution in [-0.2, 0) is 11.2 Å². The fourth-order valence-electron chi connectivity index (χ4n) is 2.59. The molecule has 0 fully saturated rings. The maximum Gasteiger partial charge on any atom is 0.315 e. The number of benzene rings is 2. The van der Waals surface area contributed by atoms with Crippen LogP contribution in [0.5, 0.6) is 5.75 Å². The van der Waals surface area contributed by atoms with E-state index in [0.717, 1.165) is 23.1 Å². The van der Waals surface area contributed by atoms with Gasteiger partial charge in [-0.2, -0.15) is 0 Å². The van der Waals surface area contributed by atoms with Crippen molar-refractivity contribution in [3.63, 3.8) is 0 Å². The predicted molar refractivity (Wildman–Crippen MR) is 107 cm³/mol. The van der Waals surface area contributed by atoms with E-state index in [4.69, 9.17) is 4.74 Å². The summed E-state index contributed by atoms with van der Waals surface area (Å²) in [5.74, 6) is 0.769. The minimum atomic E-state index is -0.336. The fraction of sp³-hybridized carbons (Fsp3) is 0.0870. The van der Waals surface area contributed by atoms with E-state index in [0.29, 0.717) is 11.6 Å². The van der Waals surface area contributed by atoms with E-state index in [-0.39, 0.29) is 12.4 Å². The van der Waals surface area contributed by atoms with Crippen molar-refractivity contribution in [3.8, 4) is 28.3 Å². The van der Waals surface area contributed by atoms with Gasteiger partial charge in [-0.1, -0.05) is 36.4 Å². The third-order valence-electron chi connectivity index (χ3n) is 3.97. The summed E-state index contributed by atoms with van der Waals surface area (Å²) in [6, 6.07) is 15.4. The van der Waals surface area contributed by atoms with Gasteiger partial charge >= 0.3 is 5.97 Å². The van der Waals surface area contributed by atoms with Gasteiger partial charge in [-0.25, -0.2) is 9.97 Å². The number of esters is 1. The molecule has 0 saturated carbocycles. The average Bonchev–Trinajstić information content (AvgIpc) is 2.70. The maximum absolute atomic E-state index is 11.5. The first-order valence-corrected chi connectivity index (χ1v) is 8.64. The SMILES string of the molecule is C=CCC(=O)Oc1ccc(-c2ncc(-c3ccc(CC=C)cc3)cn2)cc1. The zero-order chi connectivity index (χ0) is 19.1. The largest absolute Gasteiger partial charge is 0.426 e. The van der Waals surface area contributed by atoms with Crippen LogP contribution in [0.4, 0.5) is 0 Å². The highest BCUT2D eigenvalue weighted by Gasteiger charge is 2.06. The normalized spacial score (nSPS) is 10.2. The molecule has 134 valence electrons. The minimum Gasteiger partial charge on any atom is -0.426 e. The van der Waals surface area contributed by atoms with Gasteiger partial charge in [-0.05, 0) is 41.8 Å². The molecule has 2 aromatic carbocycles. The van der Waals surface area contributed by atoms with Crippen molar-refractivity contribution in [1.29, 1.82) is 0 Å². The van der Waals surface area contributed by atoms with E-state index in [1.165, 1.54) is 11.6 Å². The lowest BCUT2D eigenvalue weighted by Gasteiger charge is -2.06. The lowest BCUT2D eigenvalue weighted by molar-refractivity contribution is -0.133. The average molecular weight is 356 g/mol. The summed E-state index contributed by atoms with van der Waals surface area (Å²) in [7, 11) is 0. The van der Waals surface area contributed by atoms with Gasteiger partial charge in [-0.3, -0.25) is 4.79 Å². The van der Waals surface area contributed by atoms with Crippen molar-refractivity contribution in [3.05, 3.63) is 91.8 Å².